The van der Waals surface area contributed by atoms with Gasteiger partial charge in [-0.1, -0.05) is 49.2 Å². The molecule has 5 nitrogen and oxygen atoms in total. The summed E-state index contributed by atoms with van der Waals surface area (Å²) in [5.74, 6) is 1.87. The molecule has 2 aromatic carbocycles. The molecule has 7 heteroatoms. The minimum Gasteiger partial charge on any atom is -0.484 e. The van der Waals surface area contributed by atoms with Crippen LogP contribution in [-0.2, 0) is 4.79 Å². The summed E-state index contributed by atoms with van der Waals surface area (Å²) >= 11 is 12.0. The Hall–Kier alpha value is -2.76. The van der Waals surface area contributed by atoms with Gasteiger partial charge < -0.3 is 9.15 Å². The highest BCUT2D eigenvalue weighted by Gasteiger charge is 2.07. The fourth-order valence-electron chi connectivity index (χ4n) is 2.70. The van der Waals surface area contributed by atoms with Gasteiger partial charge in [0.05, 0.1) is 16.3 Å². The lowest BCUT2D eigenvalue weighted by molar-refractivity contribution is -0.123. The van der Waals surface area contributed by atoms with Crippen molar-refractivity contribution in [2.24, 2.45) is 5.10 Å². The maximum absolute atomic E-state index is 11.9. The number of nitrogens with zero attached hydrogens (tertiary/aromatic N) is 1. The van der Waals surface area contributed by atoms with Gasteiger partial charge in [-0.25, -0.2) is 5.43 Å². The van der Waals surface area contributed by atoms with Crippen LogP contribution in [0.15, 0.2) is 64.1 Å². The molecule has 1 N–H and O–H groups in total. The van der Waals surface area contributed by atoms with E-state index < -0.39 is 0 Å². The van der Waals surface area contributed by atoms with E-state index in [1.165, 1.54) is 11.8 Å². The highest BCUT2D eigenvalue weighted by molar-refractivity contribution is 6.42. The molecule has 0 unspecified atom stereocenters. The number of halogens is 2. The van der Waals surface area contributed by atoms with Gasteiger partial charge in [-0.3, -0.25) is 4.79 Å². The van der Waals surface area contributed by atoms with E-state index >= 15 is 0 Å². The van der Waals surface area contributed by atoms with Crippen molar-refractivity contribution in [1.29, 1.82) is 0 Å². The van der Waals surface area contributed by atoms with Gasteiger partial charge in [0, 0.05) is 5.56 Å². The molecule has 30 heavy (non-hydrogen) atoms. The Morgan fingerprint density at radius 1 is 1.13 bits per heavy atom. The van der Waals surface area contributed by atoms with Gasteiger partial charge >= 0.3 is 0 Å². The predicted octanol–water partition coefficient (Wildman–Crippen LogP) is 6.30. The minimum absolute atomic E-state index is 0.132. The standard InChI is InChI=1S/C23H22Cl2N2O3/c1-3-15(2)16-4-7-18(8-5-16)29-14-23(28)27-26-13-19-9-11-22(30-19)17-6-10-20(24)21(25)12-17/h4-13,15H,3,14H2,1-2H3,(H,27,28)/b26-13-/t15-/m0/s1. The minimum atomic E-state index is -0.367. The first-order valence-corrected chi connectivity index (χ1v) is 10.3. The monoisotopic (exact) mass is 444 g/mol. The third-order valence-corrected chi connectivity index (χ3v) is 5.38. The maximum atomic E-state index is 11.9. The second kappa shape index (κ2) is 10.3. The Morgan fingerprint density at radius 2 is 1.90 bits per heavy atom. The number of benzene rings is 2. The number of furan rings is 1. The van der Waals surface area contributed by atoms with E-state index in [2.05, 4.69) is 24.4 Å². The van der Waals surface area contributed by atoms with Gasteiger partial charge in [-0.15, -0.1) is 0 Å². The van der Waals surface area contributed by atoms with Crippen molar-refractivity contribution in [2.75, 3.05) is 6.61 Å². The summed E-state index contributed by atoms with van der Waals surface area (Å²) in [6.07, 6.45) is 2.49. The first kappa shape index (κ1) is 21.9. The number of carbonyl (C=O) groups is 1. The number of ether oxygens (including phenoxy) is 1. The van der Waals surface area contributed by atoms with E-state index in [0.29, 0.717) is 33.2 Å². The van der Waals surface area contributed by atoms with Crippen molar-refractivity contribution in [2.45, 2.75) is 26.2 Å². The molecule has 0 aliphatic carbocycles. The zero-order valence-electron chi connectivity index (χ0n) is 16.7. The summed E-state index contributed by atoms with van der Waals surface area (Å²) in [5, 5.41) is 4.82. The second-order valence-electron chi connectivity index (χ2n) is 6.79. The molecule has 3 rings (SSSR count). The van der Waals surface area contributed by atoms with Gasteiger partial charge in [0.15, 0.2) is 6.61 Å². The maximum Gasteiger partial charge on any atom is 0.277 e. The van der Waals surface area contributed by atoms with Crippen LogP contribution in [0.25, 0.3) is 11.3 Å². The fraction of sp³-hybridized carbons (Fsp3) is 0.217. The Bertz CT molecular complexity index is 1030. The van der Waals surface area contributed by atoms with Crippen molar-refractivity contribution in [3.8, 4) is 17.1 Å². The van der Waals surface area contributed by atoms with Crippen LogP contribution in [0.2, 0.25) is 10.0 Å². The molecule has 1 amide bonds. The zero-order valence-corrected chi connectivity index (χ0v) is 18.2. The lowest BCUT2D eigenvalue weighted by Crippen LogP contribution is -2.24. The average molecular weight is 445 g/mol. The predicted molar refractivity (Wildman–Crippen MR) is 121 cm³/mol. The molecular weight excluding hydrogens is 423 g/mol. The highest BCUT2D eigenvalue weighted by Crippen LogP contribution is 2.29. The van der Waals surface area contributed by atoms with Gasteiger partial charge in [0.1, 0.15) is 17.3 Å². The Balaban J connectivity index is 1.49. The van der Waals surface area contributed by atoms with Crippen LogP contribution in [0.4, 0.5) is 0 Å². The summed E-state index contributed by atoms with van der Waals surface area (Å²) in [6.45, 7) is 4.19. The Kier molecular flexibility index (Phi) is 7.55. The summed E-state index contributed by atoms with van der Waals surface area (Å²) < 4.78 is 11.2. The fourth-order valence-corrected chi connectivity index (χ4v) is 3.00. The van der Waals surface area contributed by atoms with Crippen LogP contribution in [0.5, 0.6) is 5.75 Å². The molecular formula is C23H22Cl2N2O3. The van der Waals surface area contributed by atoms with E-state index in [0.717, 1.165) is 12.0 Å². The number of rotatable bonds is 8. The first-order valence-electron chi connectivity index (χ1n) is 9.56. The zero-order chi connectivity index (χ0) is 21.5. The molecule has 0 spiro atoms. The van der Waals surface area contributed by atoms with Crippen molar-refractivity contribution < 1.29 is 13.9 Å². The van der Waals surface area contributed by atoms with E-state index in [1.54, 1.807) is 24.3 Å². The van der Waals surface area contributed by atoms with Gasteiger partial charge in [0.25, 0.3) is 5.91 Å². The molecule has 0 saturated heterocycles. The van der Waals surface area contributed by atoms with Gasteiger partial charge in [0.2, 0.25) is 0 Å². The van der Waals surface area contributed by atoms with Crippen LogP contribution in [0, 0.1) is 0 Å². The largest absolute Gasteiger partial charge is 0.484 e. The number of nitrogens with one attached hydrogen (secondary N) is 1. The van der Waals surface area contributed by atoms with Crippen molar-refractivity contribution in [1.82, 2.24) is 5.43 Å². The summed E-state index contributed by atoms with van der Waals surface area (Å²) in [6, 6.07) is 16.5. The smallest absolute Gasteiger partial charge is 0.277 e. The van der Waals surface area contributed by atoms with Crippen LogP contribution >= 0.6 is 23.2 Å². The molecule has 1 atom stereocenters. The van der Waals surface area contributed by atoms with Crippen LogP contribution < -0.4 is 10.2 Å². The molecule has 0 aliphatic heterocycles. The van der Waals surface area contributed by atoms with Crippen LogP contribution in [-0.4, -0.2) is 18.7 Å². The second-order valence-corrected chi connectivity index (χ2v) is 7.61. The summed E-state index contributed by atoms with van der Waals surface area (Å²) in [4.78, 5) is 11.9. The van der Waals surface area contributed by atoms with Crippen molar-refractivity contribution in [3.05, 3.63) is 76.0 Å². The molecule has 156 valence electrons. The number of hydrogen-bond donors (Lipinski definition) is 1. The Labute approximate surface area is 185 Å². The number of hydrogen-bond acceptors (Lipinski definition) is 4. The molecule has 0 fully saturated rings. The molecule has 0 saturated carbocycles. The van der Waals surface area contributed by atoms with E-state index in [1.807, 2.05) is 30.3 Å². The van der Waals surface area contributed by atoms with Crippen molar-refractivity contribution >= 4 is 35.3 Å². The molecule has 0 radical (unpaired) electrons. The Morgan fingerprint density at radius 3 is 2.60 bits per heavy atom. The quantitative estimate of drug-likeness (QED) is 0.327. The van der Waals surface area contributed by atoms with Crippen LogP contribution in [0.1, 0.15) is 37.5 Å². The SMILES string of the molecule is CC[C@H](C)c1ccc(OCC(=O)N/N=C\c2ccc(-c3ccc(Cl)c(Cl)c3)o2)cc1. The number of carbonyl (C=O) groups excluding carboxylic acids is 1. The number of hydrazone groups is 1. The van der Waals surface area contributed by atoms with E-state index in [-0.39, 0.29) is 12.5 Å². The average Bonchev–Trinajstić information content (AvgIpc) is 3.23. The van der Waals surface area contributed by atoms with Gasteiger partial charge in [-0.05, 0) is 60.4 Å². The molecule has 0 bridgehead atoms. The molecule has 0 aliphatic rings. The highest BCUT2D eigenvalue weighted by atomic mass is 35.5. The third kappa shape index (κ3) is 5.88. The third-order valence-electron chi connectivity index (χ3n) is 4.64. The lowest BCUT2D eigenvalue weighted by atomic mass is 9.99. The summed E-state index contributed by atoms with van der Waals surface area (Å²) in [7, 11) is 0. The van der Waals surface area contributed by atoms with E-state index in [4.69, 9.17) is 32.4 Å². The molecule has 1 heterocycles. The lowest BCUT2D eigenvalue weighted by Gasteiger charge is -2.10. The summed E-state index contributed by atoms with van der Waals surface area (Å²) in [5.41, 5.74) is 4.45. The van der Waals surface area contributed by atoms with Crippen molar-refractivity contribution in [3.63, 3.8) is 0 Å². The first-order chi connectivity index (χ1) is 14.5. The number of amides is 1. The van der Waals surface area contributed by atoms with E-state index in [9.17, 15) is 4.79 Å². The molecule has 1 aromatic heterocycles. The molecule has 3 aromatic rings. The topological polar surface area (TPSA) is 63.8 Å². The van der Waals surface area contributed by atoms with Gasteiger partial charge in [-0.2, -0.15) is 5.10 Å². The van der Waals surface area contributed by atoms with Crippen LogP contribution in [0.3, 0.4) is 0 Å². The normalized spacial score (nSPS) is 12.1.